The van der Waals surface area contributed by atoms with Gasteiger partial charge in [-0.25, -0.2) is 14.5 Å². The van der Waals surface area contributed by atoms with Crippen LogP contribution in [0.3, 0.4) is 0 Å². The third-order valence-electron chi connectivity index (χ3n) is 5.15. The fourth-order valence-corrected chi connectivity index (χ4v) is 3.91. The Morgan fingerprint density at radius 1 is 1.33 bits per heavy atom. The molecule has 10 heteroatoms. The van der Waals surface area contributed by atoms with Crippen molar-refractivity contribution in [1.29, 1.82) is 0 Å². The molecule has 1 fully saturated rings. The molecule has 0 bridgehead atoms. The first-order chi connectivity index (χ1) is 14.4. The number of hydrogen-bond donors (Lipinski definition) is 3. The highest BCUT2D eigenvalue weighted by Gasteiger charge is 2.30. The molecular formula is C20H21N5O4S. The van der Waals surface area contributed by atoms with E-state index in [1.54, 1.807) is 11.6 Å². The lowest BCUT2D eigenvalue weighted by molar-refractivity contribution is -0.117. The Balaban J connectivity index is 1.74. The van der Waals surface area contributed by atoms with Crippen LogP contribution in [0.4, 0.5) is 17.2 Å². The summed E-state index contributed by atoms with van der Waals surface area (Å²) in [6.07, 6.45) is 5.29. The van der Waals surface area contributed by atoms with Crippen molar-refractivity contribution in [2.75, 3.05) is 10.6 Å². The number of nitrogens with zero attached hydrogens (tertiary/aromatic N) is 3. The molecule has 0 spiro atoms. The molecule has 9 nitrogen and oxygen atoms in total. The maximum absolute atomic E-state index is 13.0. The third kappa shape index (κ3) is 3.78. The molecule has 0 radical (unpaired) electrons. The van der Waals surface area contributed by atoms with Crippen LogP contribution in [0.2, 0.25) is 0 Å². The number of aromatic carboxylic acids is 1. The van der Waals surface area contributed by atoms with Crippen LogP contribution in [-0.4, -0.2) is 31.7 Å². The van der Waals surface area contributed by atoms with Crippen LogP contribution in [0, 0.1) is 5.92 Å². The van der Waals surface area contributed by atoms with Crippen LogP contribution < -0.4 is 16.2 Å². The van der Waals surface area contributed by atoms with E-state index in [-0.39, 0.29) is 40.5 Å². The molecule has 30 heavy (non-hydrogen) atoms. The molecule has 0 aliphatic heterocycles. The van der Waals surface area contributed by atoms with Gasteiger partial charge < -0.3 is 15.7 Å². The van der Waals surface area contributed by atoms with E-state index in [9.17, 15) is 19.5 Å². The van der Waals surface area contributed by atoms with Crippen molar-refractivity contribution in [2.24, 2.45) is 5.92 Å². The lowest BCUT2D eigenvalue weighted by Gasteiger charge is -2.13. The molecule has 3 aromatic rings. The first kappa shape index (κ1) is 20.0. The highest BCUT2D eigenvalue weighted by Crippen LogP contribution is 2.33. The minimum atomic E-state index is -1.16. The van der Waals surface area contributed by atoms with Crippen molar-refractivity contribution < 1.29 is 14.7 Å². The van der Waals surface area contributed by atoms with Crippen LogP contribution in [0.1, 0.15) is 49.5 Å². The summed E-state index contributed by atoms with van der Waals surface area (Å²) in [6, 6.07) is 1.41. The van der Waals surface area contributed by atoms with E-state index >= 15 is 0 Å². The molecule has 1 atom stereocenters. The number of aromatic nitrogens is 3. The first-order valence-electron chi connectivity index (χ1n) is 9.69. The molecular weight excluding hydrogens is 406 g/mol. The van der Waals surface area contributed by atoms with E-state index in [0.29, 0.717) is 15.8 Å². The van der Waals surface area contributed by atoms with E-state index in [1.807, 2.05) is 13.8 Å². The number of anilines is 3. The lowest BCUT2D eigenvalue weighted by Crippen LogP contribution is -2.25. The highest BCUT2D eigenvalue weighted by atomic mass is 32.1. The van der Waals surface area contributed by atoms with Crippen molar-refractivity contribution >= 4 is 50.5 Å². The molecule has 3 heterocycles. The summed E-state index contributed by atoms with van der Waals surface area (Å²) in [5.74, 6) is -1.03. The number of carbonyl (C=O) groups excluding carboxylic acids is 1. The van der Waals surface area contributed by atoms with Gasteiger partial charge in [-0.1, -0.05) is 6.92 Å². The van der Waals surface area contributed by atoms with Gasteiger partial charge >= 0.3 is 5.97 Å². The Labute approximate surface area is 175 Å². The molecule has 156 valence electrons. The standard InChI is InChI=1S/C20H21N5O4S/c1-3-10(2)25-19(27)17-14(9-30-15(17)8-22-25)23-13-6-16(21-7-12(13)20(28)29)24-18(26)11-4-5-11/h6-11H,3-5H2,1-2H3,(H,28,29)(H2,21,23,24,26). The zero-order valence-corrected chi connectivity index (χ0v) is 17.3. The van der Waals surface area contributed by atoms with Gasteiger partial charge in [-0.2, -0.15) is 5.10 Å². The zero-order chi connectivity index (χ0) is 21.4. The van der Waals surface area contributed by atoms with E-state index in [1.165, 1.54) is 28.3 Å². The quantitative estimate of drug-likeness (QED) is 0.526. The van der Waals surface area contributed by atoms with Gasteiger partial charge in [0.15, 0.2) is 0 Å². The number of carboxylic acids is 1. The Morgan fingerprint density at radius 3 is 2.77 bits per heavy atom. The van der Waals surface area contributed by atoms with Crippen LogP contribution in [-0.2, 0) is 4.79 Å². The summed E-state index contributed by atoms with van der Waals surface area (Å²) >= 11 is 1.35. The van der Waals surface area contributed by atoms with Crippen molar-refractivity contribution in [3.8, 4) is 0 Å². The average molecular weight is 427 g/mol. The second-order valence-electron chi connectivity index (χ2n) is 7.35. The zero-order valence-electron chi connectivity index (χ0n) is 16.5. The fraction of sp³-hybridized carbons (Fsp3) is 0.350. The van der Waals surface area contributed by atoms with Crippen LogP contribution in [0.5, 0.6) is 0 Å². The SMILES string of the molecule is CCC(C)n1ncc2scc(Nc3cc(NC(=O)C4CC4)ncc3C(=O)O)c2c1=O. The summed E-state index contributed by atoms with van der Waals surface area (Å²) in [6.45, 7) is 3.89. The van der Waals surface area contributed by atoms with Gasteiger partial charge in [-0.3, -0.25) is 9.59 Å². The largest absolute Gasteiger partial charge is 0.478 e. The van der Waals surface area contributed by atoms with Crippen LogP contribution in [0.25, 0.3) is 10.1 Å². The van der Waals surface area contributed by atoms with Crippen LogP contribution in [0.15, 0.2) is 28.6 Å². The summed E-state index contributed by atoms with van der Waals surface area (Å²) in [7, 11) is 0. The van der Waals surface area contributed by atoms with Gasteiger partial charge in [0.05, 0.1) is 33.7 Å². The number of carbonyl (C=O) groups is 2. The second-order valence-corrected chi connectivity index (χ2v) is 8.26. The number of amides is 1. The summed E-state index contributed by atoms with van der Waals surface area (Å²) in [5, 5.41) is 21.8. The molecule has 1 unspecified atom stereocenters. The van der Waals surface area contributed by atoms with E-state index < -0.39 is 5.97 Å². The number of pyridine rings is 1. The Morgan fingerprint density at radius 2 is 2.10 bits per heavy atom. The number of carboxylic acid groups (broad SMARTS) is 1. The maximum Gasteiger partial charge on any atom is 0.339 e. The van der Waals surface area contributed by atoms with E-state index in [2.05, 4.69) is 20.7 Å². The van der Waals surface area contributed by atoms with Crippen molar-refractivity contribution in [3.63, 3.8) is 0 Å². The molecule has 3 N–H and O–H groups in total. The molecule has 1 amide bonds. The van der Waals surface area contributed by atoms with Crippen molar-refractivity contribution in [3.05, 3.63) is 39.8 Å². The normalized spacial score (nSPS) is 14.5. The summed E-state index contributed by atoms with van der Waals surface area (Å²) < 4.78 is 2.14. The summed E-state index contributed by atoms with van der Waals surface area (Å²) in [5.41, 5.74) is 0.441. The van der Waals surface area contributed by atoms with Crippen LogP contribution >= 0.6 is 11.3 Å². The molecule has 3 aromatic heterocycles. The fourth-order valence-electron chi connectivity index (χ4n) is 3.07. The second kappa shape index (κ2) is 7.86. The molecule has 1 saturated carbocycles. The predicted molar refractivity (Wildman–Crippen MR) is 115 cm³/mol. The Kier molecular flexibility index (Phi) is 5.25. The third-order valence-corrected chi connectivity index (χ3v) is 6.07. The van der Waals surface area contributed by atoms with Gasteiger partial charge in [0.1, 0.15) is 11.4 Å². The number of fused-ring (bicyclic) bond motifs is 1. The van der Waals surface area contributed by atoms with E-state index in [0.717, 1.165) is 19.3 Å². The van der Waals surface area contributed by atoms with Gasteiger partial charge in [0.25, 0.3) is 5.56 Å². The number of rotatable bonds is 7. The minimum Gasteiger partial charge on any atom is -0.478 e. The Hall–Kier alpha value is -3.27. The highest BCUT2D eigenvalue weighted by molar-refractivity contribution is 7.17. The minimum absolute atomic E-state index is 0.00491. The van der Waals surface area contributed by atoms with E-state index in [4.69, 9.17) is 0 Å². The molecule has 1 aliphatic rings. The molecule has 4 rings (SSSR count). The predicted octanol–water partition coefficient (Wildman–Crippen LogP) is 3.61. The van der Waals surface area contributed by atoms with Gasteiger partial charge in [-0.05, 0) is 26.2 Å². The summed E-state index contributed by atoms with van der Waals surface area (Å²) in [4.78, 5) is 40.7. The molecule has 1 aliphatic carbocycles. The molecule has 0 saturated heterocycles. The van der Waals surface area contributed by atoms with Gasteiger partial charge in [-0.15, -0.1) is 11.3 Å². The topological polar surface area (TPSA) is 126 Å². The van der Waals surface area contributed by atoms with Gasteiger partial charge in [0.2, 0.25) is 5.91 Å². The number of nitrogens with one attached hydrogen (secondary N) is 2. The maximum atomic E-state index is 13.0. The van der Waals surface area contributed by atoms with Gasteiger partial charge in [0, 0.05) is 23.6 Å². The average Bonchev–Trinajstić information content (AvgIpc) is 3.49. The first-order valence-corrected chi connectivity index (χ1v) is 10.6. The lowest BCUT2D eigenvalue weighted by atomic mass is 10.2. The Bertz CT molecular complexity index is 1200. The smallest absolute Gasteiger partial charge is 0.339 e. The number of hydrogen-bond acceptors (Lipinski definition) is 7. The molecule has 0 aromatic carbocycles. The van der Waals surface area contributed by atoms with Crippen molar-refractivity contribution in [1.82, 2.24) is 14.8 Å². The monoisotopic (exact) mass is 427 g/mol. The van der Waals surface area contributed by atoms with Crippen molar-refractivity contribution in [2.45, 2.75) is 39.2 Å². The number of thiophene rings is 1.